The number of aromatic nitrogens is 2. The van der Waals surface area contributed by atoms with Gasteiger partial charge in [0.05, 0.1) is 21.6 Å². The van der Waals surface area contributed by atoms with Gasteiger partial charge >= 0.3 is 0 Å². The Bertz CT molecular complexity index is 3050. The van der Waals surface area contributed by atoms with Crippen LogP contribution in [0.25, 0.3) is 76.0 Å². The lowest BCUT2D eigenvalue weighted by molar-refractivity contribution is 1.23. The lowest BCUT2D eigenvalue weighted by Gasteiger charge is -2.29. The molecule has 0 unspecified atom stereocenters. The van der Waals surface area contributed by atoms with Crippen molar-refractivity contribution in [3.05, 3.63) is 188 Å². The Hall–Kier alpha value is -6.53. The molecule has 8 aromatic carbocycles. The van der Waals surface area contributed by atoms with Gasteiger partial charge in [-0.1, -0.05) is 151 Å². The molecular weight excluding hydrogens is 707 g/mol. The Morgan fingerprint density at radius 1 is 0.436 bits per heavy atom. The van der Waals surface area contributed by atoms with Gasteiger partial charge in [-0.15, -0.1) is 11.3 Å². The second-order valence-electron chi connectivity index (χ2n) is 13.7. The highest BCUT2D eigenvalue weighted by molar-refractivity contribution is 7.99. The molecule has 0 spiro atoms. The van der Waals surface area contributed by atoms with E-state index < -0.39 is 0 Å². The van der Waals surface area contributed by atoms with Crippen LogP contribution in [0.15, 0.2) is 198 Å². The van der Waals surface area contributed by atoms with Crippen LogP contribution in [0, 0.1) is 0 Å². The molecule has 0 bridgehead atoms. The fourth-order valence-electron chi connectivity index (χ4n) is 7.90. The summed E-state index contributed by atoms with van der Waals surface area (Å²) < 4.78 is 2.35. The largest absolute Gasteiger partial charge is 0.310 e. The van der Waals surface area contributed by atoms with Gasteiger partial charge in [0.2, 0.25) is 0 Å². The minimum Gasteiger partial charge on any atom is -0.310 e. The molecule has 1 aliphatic heterocycles. The molecule has 2 aromatic heterocycles. The SMILES string of the molecule is c1ccc(-c2ccc(N(c3ccccc3)c3ccc4c5c(cccc35)-c3ccc(-c5nc(-c6ccccc6)c6sc7ccccc7c6n5)cc3S4)cc2)cc1. The quantitative estimate of drug-likeness (QED) is 0.170. The topological polar surface area (TPSA) is 29.0 Å². The monoisotopic (exact) mass is 737 g/mol. The molecule has 0 radical (unpaired) electrons. The Kier molecular flexibility index (Phi) is 7.61. The zero-order valence-electron chi connectivity index (χ0n) is 29.6. The third kappa shape index (κ3) is 5.43. The minimum atomic E-state index is 0.745. The Labute approximate surface area is 327 Å². The molecule has 0 aliphatic carbocycles. The summed E-state index contributed by atoms with van der Waals surface area (Å²) in [6.07, 6.45) is 0. The third-order valence-corrected chi connectivity index (χ3v) is 12.8. The van der Waals surface area contributed by atoms with Crippen molar-refractivity contribution in [1.29, 1.82) is 0 Å². The summed E-state index contributed by atoms with van der Waals surface area (Å²) in [5, 5.41) is 3.67. The molecule has 3 nitrogen and oxygen atoms in total. The molecule has 0 fully saturated rings. The predicted molar refractivity (Wildman–Crippen MR) is 233 cm³/mol. The fourth-order valence-corrected chi connectivity index (χ4v) is 10.2. The average Bonchev–Trinajstić information content (AvgIpc) is 3.64. The standard InChI is InChI=1S/C50H31N3S2/c1-4-13-32(14-5-1)33-23-26-37(27-24-33)53(36-17-8-3-9-18-36)42-29-30-44-46-39(20-12-21-40(42)46)38-28-25-35(31-45(38)54-44)50-51-47(34-15-6-2-7-16-34)49-48(52-50)41-19-10-11-22-43(41)55-49/h1-31H. The fraction of sp³-hybridized carbons (Fsp3) is 0. The van der Waals surface area contributed by atoms with Gasteiger partial charge < -0.3 is 4.90 Å². The van der Waals surface area contributed by atoms with Gasteiger partial charge in [0.25, 0.3) is 0 Å². The second-order valence-corrected chi connectivity index (χ2v) is 15.9. The van der Waals surface area contributed by atoms with Gasteiger partial charge in [-0.3, -0.25) is 0 Å². The van der Waals surface area contributed by atoms with E-state index in [0.717, 1.165) is 49.9 Å². The van der Waals surface area contributed by atoms with E-state index in [0.29, 0.717) is 0 Å². The molecule has 0 saturated heterocycles. The number of anilines is 3. The lowest BCUT2D eigenvalue weighted by Crippen LogP contribution is -2.11. The van der Waals surface area contributed by atoms with Gasteiger partial charge in [-0.2, -0.15) is 0 Å². The summed E-state index contributed by atoms with van der Waals surface area (Å²) >= 11 is 3.60. The van der Waals surface area contributed by atoms with Crippen molar-refractivity contribution in [2.45, 2.75) is 9.79 Å². The van der Waals surface area contributed by atoms with Crippen molar-refractivity contribution in [3.8, 4) is 44.9 Å². The normalized spacial score (nSPS) is 11.9. The van der Waals surface area contributed by atoms with Crippen LogP contribution in [0.5, 0.6) is 0 Å². The Morgan fingerprint density at radius 3 is 1.89 bits per heavy atom. The van der Waals surface area contributed by atoms with Crippen molar-refractivity contribution in [3.63, 3.8) is 0 Å². The summed E-state index contributed by atoms with van der Waals surface area (Å²) in [4.78, 5) is 15.4. The number of nitrogens with zero attached hydrogens (tertiary/aromatic N) is 3. The van der Waals surface area contributed by atoms with E-state index in [4.69, 9.17) is 9.97 Å². The van der Waals surface area contributed by atoms with E-state index in [1.165, 1.54) is 52.9 Å². The van der Waals surface area contributed by atoms with Gasteiger partial charge in [0, 0.05) is 53.2 Å². The molecule has 0 saturated carbocycles. The molecule has 3 heterocycles. The first kappa shape index (κ1) is 31.9. The van der Waals surface area contributed by atoms with Gasteiger partial charge in [-0.25, -0.2) is 9.97 Å². The summed E-state index contributed by atoms with van der Waals surface area (Å²) in [7, 11) is 0. The van der Waals surface area contributed by atoms with Gasteiger partial charge in [0.15, 0.2) is 5.82 Å². The summed E-state index contributed by atoms with van der Waals surface area (Å²) in [6.45, 7) is 0. The Balaban J connectivity index is 1.03. The Morgan fingerprint density at radius 2 is 1.09 bits per heavy atom. The van der Waals surface area contributed by atoms with Crippen LogP contribution in [-0.4, -0.2) is 9.97 Å². The summed E-state index contributed by atoms with van der Waals surface area (Å²) in [6, 6.07) is 67.2. The molecule has 11 rings (SSSR count). The first-order chi connectivity index (χ1) is 27.3. The number of fused-ring (bicyclic) bond motifs is 5. The van der Waals surface area contributed by atoms with Crippen molar-refractivity contribution in [2.75, 3.05) is 4.90 Å². The maximum Gasteiger partial charge on any atom is 0.160 e. The number of para-hydroxylation sites is 1. The number of hydrogen-bond donors (Lipinski definition) is 0. The second kappa shape index (κ2) is 13.1. The van der Waals surface area contributed by atoms with Crippen LogP contribution in [0.4, 0.5) is 17.1 Å². The smallest absolute Gasteiger partial charge is 0.160 e. The van der Waals surface area contributed by atoms with Gasteiger partial charge in [0.1, 0.15) is 0 Å². The van der Waals surface area contributed by atoms with E-state index in [-0.39, 0.29) is 0 Å². The lowest BCUT2D eigenvalue weighted by atomic mass is 9.95. The summed E-state index contributed by atoms with van der Waals surface area (Å²) in [5.74, 6) is 0.745. The van der Waals surface area contributed by atoms with E-state index in [1.54, 1.807) is 11.3 Å². The zero-order valence-corrected chi connectivity index (χ0v) is 31.2. The predicted octanol–water partition coefficient (Wildman–Crippen LogP) is 14.6. The molecule has 55 heavy (non-hydrogen) atoms. The first-order valence-corrected chi connectivity index (χ1v) is 20.0. The number of thiophene rings is 1. The average molecular weight is 738 g/mol. The van der Waals surface area contributed by atoms with Crippen LogP contribution in [0.1, 0.15) is 0 Å². The van der Waals surface area contributed by atoms with E-state index >= 15 is 0 Å². The van der Waals surface area contributed by atoms with Crippen LogP contribution >= 0.6 is 23.1 Å². The van der Waals surface area contributed by atoms with Gasteiger partial charge in [-0.05, 0) is 70.8 Å². The highest BCUT2D eigenvalue weighted by atomic mass is 32.2. The molecule has 0 amide bonds. The maximum absolute atomic E-state index is 5.26. The molecule has 10 aromatic rings. The van der Waals surface area contributed by atoms with Crippen LogP contribution in [0.3, 0.4) is 0 Å². The molecule has 0 atom stereocenters. The molecule has 258 valence electrons. The molecule has 1 aliphatic rings. The summed E-state index contributed by atoms with van der Waals surface area (Å²) in [5.41, 5.74) is 12.4. The molecular formula is C50H31N3S2. The zero-order chi connectivity index (χ0) is 36.3. The van der Waals surface area contributed by atoms with Crippen molar-refractivity contribution in [2.24, 2.45) is 0 Å². The number of benzene rings is 8. The van der Waals surface area contributed by atoms with Crippen molar-refractivity contribution >= 4 is 71.2 Å². The van der Waals surface area contributed by atoms with Crippen molar-refractivity contribution in [1.82, 2.24) is 9.97 Å². The first-order valence-electron chi connectivity index (χ1n) is 18.4. The van der Waals surface area contributed by atoms with Crippen LogP contribution in [-0.2, 0) is 0 Å². The highest BCUT2D eigenvalue weighted by Crippen LogP contribution is 2.52. The number of rotatable bonds is 6. The van der Waals surface area contributed by atoms with E-state index in [1.807, 2.05) is 11.8 Å². The number of hydrogen-bond acceptors (Lipinski definition) is 5. The third-order valence-electron chi connectivity index (χ3n) is 10.5. The van der Waals surface area contributed by atoms with Crippen LogP contribution < -0.4 is 4.90 Å². The maximum atomic E-state index is 5.26. The molecule has 0 N–H and O–H groups in total. The van der Waals surface area contributed by atoms with Crippen LogP contribution in [0.2, 0.25) is 0 Å². The van der Waals surface area contributed by atoms with E-state index in [2.05, 4.69) is 193 Å². The van der Waals surface area contributed by atoms with E-state index in [9.17, 15) is 0 Å². The minimum absolute atomic E-state index is 0.745. The highest BCUT2D eigenvalue weighted by Gasteiger charge is 2.25. The molecule has 5 heteroatoms. The van der Waals surface area contributed by atoms with Crippen molar-refractivity contribution < 1.29 is 0 Å².